The highest BCUT2D eigenvalue weighted by atomic mass is 16.4. The molecule has 0 aliphatic carbocycles. The molecule has 4 heteroatoms. The smallest absolute Gasteiger partial charge is 0.328 e. The van der Waals surface area contributed by atoms with E-state index in [0.717, 1.165) is 23.3 Å². The van der Waals surface area contributed by atoms with E-state index in [2.05, 4.69) is 0 Å². The molecule has 0 aromatic heterocycles. The molecule has 0 heterocycles. The SMILES string of the molecule is O=C(O)C=CCc1ccccc1.O=C(O)C=Cc1ccccc1. The summed E-state index contributed by atoms with van der Waals surface area (Å²) in [6.07, 6.45) is 6.15. The third-order valence-electron chi connectivity index (χ3n) is 2.67. The summed E-state index contributed by atoms with van der Waals surface area (Å²) >= 11 is 0. The quantitative estimate of drug-likeness (QED) is 0.827. The first kappa shape index (κ1) is 17.9. The normalized spacial score (nSPS) is 10.3. The third kappa shape index (κ3) is 9.42. The minimum Gasteiger partial charge on any atom is -0.478 e. The van der Waals surface area contributed by atoms with Crippen molar-refractivity contribution in [3.63, 3.8) is 0 Å². The molecule has 118 valence electrons. The van der Waals surface area contributed by atoms with E-state index in [4.69, 9.17) is 10.2 Å². The number of allylic oxidation sites excluding steroid dienone is 1. The molecule has 0 atom stereocenters. The molecule has 4 nitrogen and oxygen atoms in total. The van der Waals surface area contributed by atoms with Gasteiger partial charge >= 0.3 is 11.9 Å². The van der Waals surface area contributed by atoms with Crippen LogP contribution in [0.4, 0.5) is 0 Å². The molecular weight excluding hydrogens is 292 g/mol. The Morgan fingerprint density at radius 1 is 0.783 bits per heavy atom. The first-order valence-corrected chi connectivity index (χ1v) is 6.97. The van der Waals surface area contributed by atoms with Crippen LogP contribution in [0.2, 0.25) is 0 Å². The maximum Gasteiger partial charge on any atom is 0.328 e. The molecule has 0 fully saturated rings. The predicted molar refractivity (Wildman–Crippen MR) is 90.0 cm³/mol. The van der Waals surface area contributed by atoms with Crippen LogP contribution in [0.5, 0.6) is 0 Å². The predicted octanol–water partition coefficient (Wildman–Crippen LogP) is 3.65. The lowest BCUT2D eigenvalue weighted by molar-refractivity contribution is -0.132. The van der Waals surface area contributed by atoms with Gasteiger partial charge in [-0.3, -0.25) is 0 Å². The Labute approximate surface area is 135 Å². The van der Waals surface area contributed by atoms with Crippen LogP contribution < -0.4 is 0 Å². The van der Waals surface area contributed by atoms with Gasteiger partial charge in [-0.1, -0.05) is 66.7 Å². The topological polar surface area (TPSA) is 74.6 Å². The van der Waals surface area contributed by atoms with Crippen LogP contribution in [0.25, 0.3) is 6.08 Å². The Kier molecular flexibility index (Phi) is 8.23. The lowest BCUT2D eigenvalue weighted by Gasteiger charge is -1.92. The Hall–Kier alpha value is -3.14. The fourth-order valence-corrected chi connectivity index (χ4v) is 1.64. The number of hydrogen-bond donors (Lipinski definition) is 2. The second-order valence-corrected chi connectivity index (χ2v) is 4.51. The second kappa shape index (κ2) is 10.6. The summed E-state index contributed by atoms with van der Waals surface area (Å²) < 4.78 is 0. The van der Waals surface area contributed by atoms with Crippen LogP contribution in [0.3, 0.4) is 0 Å². The first-order valence-electron chi connectivity index (χ1n) is 6.97. The molecule has 2 rings (SSSR count). The average Bonchev–Trinajstić information content (AvgIpc) is 2.55. The van der Waals surface area contributed by atoms with Gasteiger partial charge in [0.25, 0.3) is 0 Å². The van der Waals surface area contributed by atoms with Crippen molar-refractivity contribution in [2.45, 2.75) is 6.42 Å². The van der Waals surface area contributed by atoms with E-state index in [1.54, 1.807) is 12.2 Å². The summed E-state index contributed by atoms with van der Waals surface area (Å²) in [7, 11) is 0. The summed E-state index contributed by atoms with van der Waals surface area (Å²) in [5, 5.41) is 16.6. The summed E-state index contributed by atoms with van der Waals surface area (Å²) in [6, 6.07) is 19.0. The minimum atomic E-state index is -0.922. The van der Waals surface area contributed by atoms with Gasteiger partial charge in [0, 0.05) is 12.2 Å². The average molecular weight is 310 g/mol. The van der Waals surface area contributed by atoms with E-state index < -0.39 is 11.9 Å². The van der Waals surface area contributed by atoms with E-state index >= 15 is 0 Å². The standard InChI is InChI=1S/C10H10O2.C9H8O2/c11-10(12)8-4-7-9-5-2-1-3-6-9;10-9(11)7-6-8-4-2-1-3-5-8/h1-6,8H,7H2,(H,11,12);1-7H,(H,10,11). The fraction of sp³-hybridized carbons (Fsp3) is 0.0526. The fourth-order valence-electron chi connectivity index (χ4n) is 1.64. The molecule has 0 radical (unpaired) electrons. The largest absolute Gasteiger partial charge is 0.478 e. The number of aliphatic carboxylic acids is 2. The van der Waals surface area contributed by atoms with E-state index in [-0.39, 0.29) is 0 Å². The van der Waals surface area contributed by atoms with Crippen LogP contribution in [-0.2, 0) is 16.0 Å². The zero-order valence-electron chi connectivity index (χ0n) is 12.5. The van der Waals surface area contributed by atoms with E-state index in [1.807, 2.05) is 60.7 Å². The molecule has 0 unspecified atom stereocenters. The van der Waals surface area contributed by atoms with E-state index in [9.17, 15) is 9.59 Å². The number of hydrogen-bond acceptors (Lipinski definition) is 2. The molecule has 2 N–H and O–H groups in total. The summed E-state index contributed by atoms with van der Waals surface area (Å²) in [6.45, 7) is 0. The Balaban J connectivity index is 0.000000231. The highest BCUT2D eigenvalue weighted by molar-refractivity contribution is 5.85. The van der Waals surface area contributed by atoms with Crippen molar-refractivity contribution in [3.8, 4) is 0 Å². The van der Waals surface area contributed by atoms with Crippen LogP contribution in [0.1, 0.15) is 11.1 Å². The molecule has 0 saturated carbocycles. The zero-order chi connectivity index (χ0) is 16.9. The van der Waals surface area contributed by atoms with Gasteiger partial charge in [-0.2, -0.15) is 0 Å². The van der Waals surface area contributed by atoms with Crippen LogP contribution in [0, 0.1) is 0 Å². The molecule has 2 aromatic carbocycles. The molecule has 0 bridgehead atoms. The van der Waals surface area contributed by atoms with Gasteiger partial charge in [0.1, 0.15) is 0 Å². The van der Waals surface area contributed by atoms with Gasteiger partial charge in [0.2, 0.25) is 0 Å². The van der Waals surface area contributed by atoms with Crippen LogP contribution >= 0.6 is 0 Å². The number of carboxylic acid groups (broad SMARTS) is 2. The number of carboxylic acids is 2. The van der Waals surface area contributed by atoms with Gasteiger partial charge in [-0.25, -0.2) is 9.59 Å². The molecule has 23 heavy (non-hydrogen) atoms. The maximum atomic E-state index is 10.1. The van der Waals surface area contributed by atoms with Crippen molar-refractivity contribution in [1.82, 2.24) is 0 Å². The molecule has 0 amide bonds. The Morgan fingerprint density at radius 2 is 1.30 bits per heavy atom. The van der Waals surface area contributed by atoms with Gasteiger partial charge in [0.05, 0.1) is 0 Å². The maximum absolute atomic E-state index is 10.1. The number of carbonyl (C=O) groups is 2. The Bertz CT molecular complexity index is 658. The van der Waals surface area contributed by atoms with Gasteiger partial charge in [0.15, 0.2) is 0 Å². The first-order chi connectivity index (χ1) is 11.1. The summed E-state index contributed by atoms with van der Waals surface area (Å²) in [4.78, 5) is 20.2. The highest BCUT2D eigenvalue weighted by Gasteiger charge is 1.88. The zero-order valence-corrected chi connectivity index (χ0v) is 12.5. The van der Waals surface area contributed by atoms with E-state index in [1.165, 1.54) is 0 Å². The van der Waals surface area contributed by atoms with Crippen LogP contribution in [-0.4, -0.2) is 22.2 Å². The van der Waals surface area contributed by atoms with Crippen LogP contribution in [0.15, 0.2) is 78.9 Å². The van der Waals surface area contributed by atoms with Gasteiger partial charge < -0.3 is 10.2 Å². The van der Waals surface area contributed by atoms with Crippen molar-refractivity contribution < 1.29 is 19.8 Å². The minimum absolute atomic E-state index is 0.674. The highest BCUT2D eigenvalue weighted by Crippen LogP contribution is 2.00. The number of benzene rings is 2. The lowest BCUT2D eigenvalue weighted by Crippen LogP contribution is -1.87. The third-order valence-corrected chi connectivity index (χ3v) is 2.67. The molecule has 0 spiro atoms. The van der Waals surface area contributed by atoms with Gasteiger partial charge in [-0.05, 0) is 23.6 Å². The number of rotatable bonds is 5. The summed E-state index contributed by atoms with van der Waals surface area (Å²) in [5.74, 6) is -1.82. The molecule has 2 aromatic rings. The van der Waals surface area contributed by atoms with E-state index in [0.29, 0.717) is 6.42 Å². The van der Waals surface area contributed by atoms with Gasteiger partial charge in [-0.15, -0.1) is 0 Å². The van der Waals surface area contributed by atoms with Crippen molar-refractivity contribution >= 4 is 18.0 Å². The van der Waals surface area contributed by atoms with Crippen molar-refractivity contribution in [1.29, 1.82) is 0 Å². The molecule has 0 aliphatic rings. The second-order valence-electron chi connectivity index (χ2n) is 4.51. The van der Waals surface area contributed by atoms with Crippen molar-refractivity contribution in [2.24, 2.45) is 0 Å². The monoisotopic (exact) mass is 310 g/mol. The summed E-state index contributed by atoms with van der Waals surface area (Å²) in [5.41, 5.74) is 2.02. The lowest BCUT2D eigenvalue weighted by atomic mass is 10.1. The van der Waals surface area contributed by atoms with Crippen molar-refractivity contribution in [3.05, 3.63) is 90.0 Å². The molecule has 0 saturated heterocycles. The van der Waals surface area contributed by atoms with Crippen molar-refractivity contribution in [2.75, 3.05) is 0 Å². The molecule has 0 aliphatic heterocycles. The molecular formula is C19H18O4. The Morgan fingerprint density at radius 3 is 1.83 bits per heavy atom.